The molecule has 1 aliphatic rings. The van der Waals surface area contributed by atoms with Gasteiger partial charge in [0, 0.05) is 19.5 Å². The van der Waals surface area contributed by atoms with Crippen molar-refractivity contribution in [2.45, 2.75) is 44.6 Å². The summed E-state index contributed by atoms with van der Waals surface area (Å²) in [6, 6.07) is 4.79. The van der Waals surface area contributed by atoms with Gasteiger partial charge in [-0.2, -0.15) is 0 Å². The Hall–Kier alpha value is 0.460. The Morgan fingerprint density at radius 1 is 0.882 bits per heavy atom. The lowest BCUT2D eigenvalue weighted by Crippen LogP contribution is -2.18. The average molecular weight is 426 g/mol. The summed E-state index contributed by atoms with van der Waals surface area (Å²) in [6.45, 7) is 0. The van der Waals surface area contributed by atoms with Crippen LogP contribution in [-0.4, -0.2) is 6.04 Å². The van der Waals surface area contributed by atoms with Gasteiger partial charge in [-0.3, -0.25) is 0 Å². The van der Waals surface area contributed by atoms with E-state index in [4.69, 9.17) is 0 Å². The zero-order valence-corrected chi connectivity index (χ0v) is 14.4. The first-order valence-electron chi connectivity index (χ1n) is 6.08. The highest BCUT2D eigenvalue weighted by Gasteiger charge is 2.15. The number of nitrogens with one attached hydrogen (secondary N) is 1. The monoisotopic (exact) mass is 423 g/mol. The summed E-state index contributed by atoms with van der Waals surface area (Å²) in [5.74, 6) is 0. The Kier molecular flexibility index (Phi) is 5.37. The van der Waals surface area contributed by atoms with Gasteiger partial charge in [0.25, 0.3) is 0 Å². The first-order valence-corrected chi connectivity index (χ1v) is 8.46. The van der Waals surface area contributed by atoms with E-state index in [9.17, 15) is 0 Å². The van der Waals surface area contributed by atoms with Crippen molar-refractivity contribution in [3.63, 3.8) is 0 Å². The summed E-state index contributed by atoms with van der Waals surface area (Å²) in [7, 11) is 0. The summed E-state index contributed by atoms with van der Waals surface area (Å²) in [5.41, 5.74) is 1.18. The zero-order valence-electron chi connectivity index (χ0n) is 9.61. The van der Waals surface area contributed by atoms with Crippen molar-refractivity contribution in [3.8, 4) is 0 Å². The van der Waals surface area contributed by atoms with Gasteiger partial charge in [0.2, 0.25) is 0 Å². The molecule has 94 valence electrons. The van der Waals surface area contributed by atoms with Crippen LogP contribution in [0.1, 0.15) is 38.5 Å². The van der Waals surface area contributed by atoms with Crippen molar-refractivity contribution < 1.29 is 0 Å². The zero-order chi connectivity index (χ0) is 12.3. The molecule has 0 aromatic heterocycles. The van der Waals surface area contributed by atoms with Crippen LogP contribution in [0.3, 0.4) is 0 Å². The second kappa shape index (κ2) is 6.58. The third kappa shape index (κ3) is 3.97. The minimum atomic E-state index is 0.617. The molecule has 0 aliphatic heterocycles. The highest BCUT2D eigenvalue weighted by Crippen LogP contribution is 2.35. The van der Waals surface area contributed by atoms with Crippen LogP contribution in [0.5, 0.6) is 0 Å². The third-order valence-electron chi connectivity index (χ3n) is 3.21. The molecule has 0 radical (unpaired) electrons. The van der Waals surface area contributed by atoms with Crippen molar-refractivity contribution in [2.24, 2.45) is 0 Å². The van der Waals surface area contributed by atoms with Gasteiger partial charge >= 0.3 is 0 Å². The fourth-order valence-corrected chi connectivity index (χ4v) is 4.80. The quantitative estimate of drug-likeness (QED) is 0.564. The van der Waals surface area contributed by atoms with E-state index in [1.807, 2.05) is 0 Å². The molecule has 0 unspecified atom stereocenters. The molecule has 1 saturated carbocycles. The minimum Gasteiger partial charge on any atom is -0.380 e. The second-order valence-electron chi connectivity index (χ2n) is 4.58. The lowest BCUT2D eigenvalue weighted by Gasteiger charge is -2.20. The first-order chi connectivity index (χ1) is 8.16. The Morgan fingerprint density at radius 3 is 1.94 bits per heavy atom. The molecule has 1 nitrogen and oxygen atoms in total. The third-order valence-corrected chi connectivity index (χ3v) is 4.92. The minimum absolute atomic E-state index is 0.617. The fourth-order valence-electron chi connectivity index (χ4n) is 2.31. The number of hydrogen-bond donors (Lipinski definition) is 1. The van der Waals surface area contributed by atoms with Crippen molar-refractivity contribution in [2.75, 3.05) is 5.32 Å². The largest absolute Gasteiger partial charge is 0.380 e. The van der Waals surface area contributed by atoms with Crippen LogP contribution < -0.4 is 5.32 Å². The molecule has 1 fully saturated rings. The summed E-state index contributed by atoms with van der Waals surface area (Å²) in [6.07, 6.45) is 8.05. The van der Waals surface area contributed by atoms with Crippen LogP contribution in [0.25, 0.3) is 0 Å². The number of rotatable bonds is 2. The Balaban J connectivity index is 2.11. The molecule has 2 rings (SSSR count). The van der Waals surface area contributed by atoms with E-state index < -0.39 is 0 Å². The average Bonchev–Trinajstić information content (AvgIpc) is 2.51. The predicted octanol–water partition coefficient (Wildman–Crippen LogP) is 6.11. The van der Waals surface area contributed by atoms with Crippen molar-refractivity contribution in [1.29, 1.82) is 0 Å². The number of hydrogen-bond acceptors (Lipinski definition) is 1. The number of anilines is 1. The van der Waals surface area contributed by atoms with E-state index in [1.54, 1.807) is 0 Å². The standard InChI is InChI=1S/C13H16Br3N/c14-9-7-11(15)13(12(16)8-9)17-10-5-3-1-2-4-6-10/h7-8,10,17H,1-6H2. The molecule has 17 heavy (non-hydrogen) atoms. The van der Waals surface area contributed by atoms with Crippen LogP contribution in [0.4, 0.5) is 5.69 Å². The molecule has 0 bridgehead atoms. The highest BCUT2D eigenvalue weighted by molar-refractivity contribution is 9.11. The van der Waals surface area contributed by atoms with Crippen molar-refractivity contribution >= 4 is 53.5 Å². The maximum Gasteiger partial charge on any atom is 0.0631 e. The molecular weight excluding hydrogens is 410 g/mol. The highest BCUT2D eigenvalue weighted by atomic mass is 79.9. The van der Waals surface area contributed by atoms with E-state index in [2.05, 4.69) is 65.2 Å². The van der Waals surface area contributed by atoms with Crippen LogP contribution >= 0.6 is 47.8 Å². The number of halogens is 3. The van der Waals surface area contributed by atoms with Gasteiger partial charge in [-0.05, 0) is 56.8 Å². The Morgan fingerprint density at radius 2 is 1.41 bits per heavy atom. The van der Waals surface area contributed by atoms with E-state index in [0.717, 1.165) is 13.4 Å². The molecule has 1 aromatic carbocycles. The van der Waals surface area contributed by atoms with E-state index >= 15 is 0 Å². The molecule has 0 saturated heterocycles. The van der Waals surface area contributed by atoms with Gasteiger partial charge in [0.05, 0.1) is 5.69 Å². The molecular formula is C13H16Br3N. The van der Waals surface area contributed by atoms with Gasteiger partial charge in [0.15, 0.2) is 0 Å². The normalized spacial score (nSPS) is 17.8. The summed E-state index contributed by atoms with van der Waals surface area (Å²) >= 11 is 10.7. The number of benzene rings is 1. The van der Waals surface area contributed by atoms with Crippen LogP contribution in [0.2, 0.25) is 0 Å². The van der Waals surface area contributed by atoms with Gasteiger partial charge in [0.1, 0.15) is 0 Å². The molecule has 0 atom stereocenters. The molecule has 0 heterocycles. The molecule has 1 aromatic rings. The molecule has 0 amide bonds. The molecule has 4 heteroatoms. The van der Waals surface area contributed by atoms with Gasteiger partial charge in [-0.25, -0.2) is 0 Å². The molecule has 1 aliphatic carbocycles. The summed E-state index contributed by atoms with van der Waals surface area (Å²) < 4.78 is 3.31. The Labute approximate surface area is 128 Å². The first kappa shape index (κ1) is 13.9. The second-order valence-corrected chi connectivity index (χ2v) is 7.20. The van der Waals surface area contributed by atoms with E-state index in [0.29, 0.717) is 6.04 Å². The molecule has 0 spiro atoms. The van der Waals surface area contributed by atoms with Crippen molar-refractivity contribution in [1.82, 2.24) is 0 Å². The lowest BCUT2D eigenvalue weighted by molar-refractivity contribution is 0.619. The summed E-state index contributed by atoms with van der Waals surface area (Å²) in [4.78, 5) is 0. The summed E-state index contributed by atoms with van der Waals surface area (Å²) in [5, 5.41) is 3.67. The van der Waals surface area contributed by atoms with E-state index in [1.165, 1.54) is 44.2 Å². The Bertz CT molecular complexity index is 361. The van der Waals surface area contributed by atoms with Crippen LogP contribution in [0.15, 0.2) is 25.6 Å². The maximum atomic E-state index is 3.67. The maximum absolute atomic E-state index is 3.67. The van der Waals surface area contributed by atoms with Gasteiger partial charge < -0.3 is 5.32 Å². The molecule has 1 N–H and O–H groups in total. The fraction of sp³-hybridized carbons (Fsp3) is 0.538. The smallest absolute Gasteiger partial charge is 0.0631 e. The van der Waals surface area contributed by atoms with Crippen molar-refractivity contribution in [3.05, 3.63) is 25.6 Å². The van der Waals surface area contributed by atoms with Crippen LogP contribution in [0, 0.1) is 0 Å². The lowest BCUT2D eigenvalue weighted by atomic mass is 10.1. The van der Waals surface area contributed by atoms with Gasteiger partial charge in [-0.1, -0.05) is 41.6 Å². The topological polar surface area (TPSA) is 12.0 Å². The predicted molar refractivity (Wildman–Crippen MR) is 84.7 cm³/mol. The SMILES string of the molecule is Brc1cc(Br)c(NC2CCCCCC2)c(Br)c1. The van der Waals surface area contributed by atoms with Gasteiger partial charge in [-0.15, -0.1) is 0 Å². The van der Waals surface area contributed by atoms with Crippen LogP contribution in [-0.2, 0) is 0 Å². The van der Waals surface area contributed by atoms with E-state index in [-0.39, 0.29) is 0 Å².